The molecule has 1 aliphatic carbocycles. The number of amides is 1. The number of carbonyl (C=O) groups excluding carboxylic acids is 1. The van der Waals surface area contributed by atoms with Gasteiger partial charge in [-0.15, -0.1) is 0 Å². The summed E-state index contributed by atoms with van der Waals surface area (Å²) in [6.45, 7) is 3.80. The molecule has 2 N–H and O–H groups in total. The summed E-state index contributed by atoms with van der Waals surface area (Å²) in [5.41, 5.74) is 0.478. The zero-order valence-corrected chi connectivity index (χ0v) is 14.2. The quantitative estimate of drug-likeness (QED) is 0.763. The standard InChI is InChI=1S/C18H25NO5/c1-3-23-16-10-14(8-9-15(16)24-11-17(20)21)18(22)19-12(2)13-6-4-5-7-13/h8-10,12-13H,3-7,11H2,1-2H3,(H,19,22)(H,20,21). The lowest BCUT2D eigenvalue weighted by molar-refractivity contribution is -0.139. The third kappa shape index (κ3) is 4.88. The Bertz CT molecular complexity index is 581. The third-order valence-electron chi connectivity index (χ3n) is 4.32. The summed E-state index contributed by atoms with van der Waals surface area (Å²) in [4.78, 5) is 23.1. The van der Waals surface area contributed by atoms with E-state index in [2.05, 4.69) is 5.32 Å². The third-order valence-corrected chi connectivity index (χ3v) is 4.32. The predicted molar refractivity (Wildman–Crippen MR) is 89.6 cm³/mol. The van der Waals surface area contributed by atoms with Crippen molar-refractivity contribution in [2.45, 2.75) is 45.6 Å². The molecule has 24 heavy (non-hydrogen) atoms. The number of ether oxygens (including phenoxy) is 2. The Morgan fingerprint density at radius 2 is 1.96 bits per heavy atom. The minimum atomic E-state index is -1.07. The first-order chi connectivity index (χ1) is 11.5. The Morgan fingerprint density at radius 1 is 1.25 bits per heavy atom. The van der Waals surface area contributed by atoms with E-state index in [4.69, 9.17) is 14.6 Å². The molecule has 6 nitrogen and oxygen atoms in total. The van der Waals surface area contributed by atoms with Gasteiger partial charge >= 0.3 is 5.97 Å². The van der Waals surface area contributed by atoms with Crippen LogP contribution < -0.4 is 14.8 Å². The lowest BCUT2D eigenvalue weighted by Gasteiger charge is -2.20. The lowest BCUT2D eigenvalue weighted by Crippen LogP contribution is -2.37. The van der Waals surface area contributed by atoms with Crippen molar-refractivity contribution >= 4 is 11.9 Å². The van der Waals surface area contributed by atoms with E-state index in [1.807, 2.05) is 13.8 Å². The molecule has 0 saturated heterocycles. The number of hydrogen-bond donors (Lipinski definition) is 2. The van der Waals surface area contributed by atoms with Crippen LogP contribution in [-0.4, -0.2) is 36.2 Å². The second-order valence-electron chi connectivity index (χ2n) is 6.08. The smallest absolute Gasteiger partial charge is 0.341 e. The van der Waals surface area contributed by atoms with E-state index in [-0.39, 0.29) is 11.9 Å². The monoisotopic (exact) mass is 335 g/mol. The van der Waals surface area contributed by atoms with Gasteiger partial charge in [0.25, 0.3) is 5.91 Å². The number of carboxylic acid groups (broad SMARTS) is 1. The number of carboxylic acids is 1. The molecule has 132 valence electrons. The molecular weight excluding hydrogens is 310 g/mol. The lowest BCUT2D eigenvalue weighted by atomic mass is 9.99. The van der Waals surface area contributed by atoms with Gasteiger partial charge in [0.1, 0.15) is 0 Å². The summed E-state index contributed by atoms with van der Waals surface area (Å²) < 4.78 is 10.7. The summed E-state index contributed by atoms with van der Waals surface area (Å²) in [5, 5.41) is 11.8. The predicted octanol–water partition coefficient (Wildman–Crippen LogP) is 2.86. The Kier molecular flexibility index (Phi) is 6.46. The van der Waals surface area contributed by atoms with Gasteiger partial charge in [-0.25, -0.2) is 4.79 Å². The van der Waals surface area contributed by atoms with Crippen LogP contribution in [0.1, 0.15) is 49.9 Å². The Hall–Kier alpha value is -2.24. The molecule has 1 saturated carbocycles. The molecule has 1 aliphatic rings. The van der Waals surface area contributed by atoms with E-state index in [1.54, 1.807) is 18.2 Å². The number of nitrogens with one attached hydrogen (secondary N) is 1. The normalized spacial score (nSPS) is 15.8. The molecule has 1 amide bonds. The van der Waals surface area contributed by atoms with Gasteiger partial charge in [-0.2, -0.15) is 0 Å². The molecule has 1 unspecified atom stereocenters. The summed E-state index contributed by atoms with van der Waals surface area (Å²) in [6, 6.07) is 4.93. The van der Waals surface area contributed by atoms with Crippen LogP contribution in [0.4, 0.5) is 0 Å². The molecule has 0 spiro atoms. The van der Waals surface area contributed by atoms with E-state index >= 15 is 0 Å². The fraction of sp³-hybridized carbons (Fsp3) is 0.556. The first-order valence-corrected chi connectivity index (χ1v) is 8.43. The molecule has 1 fully saturated rings. The number of hydrogen-bond acceptors (Lipinski definition) is 4. The van der Waals surface area contributed by atoms with E-state index in [0.717, 1.165) is 12.8 Å². The van der Waals surface area contributed by atoms with E-state index in [9.17, 15) is 9.59 Å². The average Bonchev–Trinajstić information content (AvgIpc) is 3.08. The van der Waals surface area contributed by atoms with Crippen molar-refractivity contribution in [3.05, 3.63) is 23.8 Å². The molecule has 0 heterocycles. The maximum Gasteiger partial charge on any atom is 0.341 e. The van der Waals surface area contributed by atoms with Crippen molar-refractivity contribution < 1.29 is 24.2 Å². The minimum Gasteiger partial charge on any atom is -0.490 e. The van der Waals surface area contributed by atoms with Gasteiger partial charge in [0, 0.05) is 11.6 Å². The van der Waals surface area contributed by atoms with Crippen LogP contribution in [-0.2, 0) is 4.79 Å². The number of rotatable bonds is 8. The maximum absolute atomic E-state index is 12.4. The van der Waals surface area contributed by atoms with Crippen LogP contribution in [0.25, 0.3) is 0 Å². The van der Waals surface area contributed by atoms with Gasteiger partial charge in [-0.3, -0.25) is 4.79 Å². The fourth-order valence-corrected chi connectivity index (χ4v) is 3.04. The van der Waals surface area contributed by atoms with Crippen LogP contribution >= 0.6 is 0 Å². The van der Waals surface area contributed by atoms with Gasteiger partial charge in [0.15, 0.2) is 18.1 Å². The van der Waals surface area contributed by atoms with Crippen LogP contribution in [0.5, 0.6) is 11.5 Å². The fourth-order valence-electron chi connectivity index (χ4n) is 3.04. The van der Waals surface area contributed by atoms with Crippen LogP contribution in [0.15, 0.2) is 18.2 Å². The molecule has 0 radical (unpaired) electrons. The Labute approximate surface area is 142 Å². The van der Waals surface area contributed by atoms with Crippen molar-refractivity contribution in [2.75, 3.05) is 13.2 Å². The summed E-state index contributed by atoms with van der Waals surface area (Å²) in [7, 11) is 0. The van der Waals surface area contributed by atoms with E-state index < -0.39 is 12.6 Å². The molecular formula is C18H25NO5. The Morgan fingerprint density at radius 3 is 2.58 bits per heavy atom. The Balaban J connectivity index is 2.06. The topological polar surface area (TPSA) is 84.9 Å². The molecule has 0 aromatic heterocycles. The zero-order chi connectivity index (χ0) is 17.5. The summed E-state index contributed by atoms with van der Waals surface area (Å²) in [6.07, 6.45) is 4.78. The van der Waals surface area contributed by atoms with Gasteiger partial charge in [-0.05, 0) is 50.8 Å². The molecule has 1 aromatic rings. The second-order valence-corrected chi connectivity index (χ2v) is 6.08. The summed E-state index contributed by atoms with van der Waals surface area (Å²) in [5.74, 6) is 0.0165. The first kappa shape index (κ1) is 18.1. The van der Waals surface area contributed by atoms with Crippen molar-refractivity contribution in [1.29, 1.82) is 0 Å². The molecule has 0 aliphatic heterocycles. The molecule has 1 atom stereocenters. The largest absolute Gasteiger partial charge is 0.490 e. The van der Waals surface area contributed by atoms with Crippen LogP contribution in [0.3, 0.4) is 0 Å². The van der Waals surface area contributed by atoms with Crippen LogP contribution in [0.2, 0.25) is 0 Å². The number of aliphatic carboxylic acids is 1. The highest BCUT2D eigenvalue weighted by Crippen LogP contribution is 2.30. The van der Waals surface area contributed by atoms with Crippen molar-refractivity contribution in [3.8, 4) is 11.5 Å². The molecule has 0 bridgehead atoms. The first-order valence-electron chi connectivity index (χ1n) is 8.43. The highest BCUT2D eigenvalue weighted by atomic mass is 16.5. The van der Waals surface area contributed by atoms with Crippen molar-refractivity contribution in [1.82, 2.24) is 5.32 Å². The van der Waals surface area contributed by atoms with Crippen molar-refractivity contribution in [2.24, 2.45) is 5.92 Å². The molecule has 1 aromatic carbocycles. The zero-order valence-electron chi connectivity index (χ0n) is 14.2. The summed E-state index contributed by atoms with van der Waals surface area (Å²) >= 11 is 0. The maximum atomic E-state index is 12.4. The second kappa shape index (κ2) is 8.57. The van der Waals surface area contributed by atoms with Gasteiger partial charge < -0.3 is 19.9 Å². The highest BCUT2D eigenvalue weighted by molar-refractivity contribution is 5.95. The van der Waals surface area contributed by atoms with E-state index in [0.29, 0.717) is 29.6 Å². The van der Waals surface area contributed by atoms with Crippen LogP contribution in [0, 0.1) is 5.92 Å². The van der Waals surface area contributed by atoms with Gasteiger partial charge in [0.2, 0.25) is 0 Å². The molecule has 2 rings (SSSR count). The number of benzene rings is 1. The SMILES string of the molecule is CCOc1cc(C(=O)NC(C)C2CCCC2)ccc1OCC(=O)O. The number of carbonyl (C=O) groups is 2. The average molecular weight is 335 g/mol. The minimum absolute atomic E-state index is 0.137. The van der Waals surface area contributed by atoms with Gasteiger partial charge in [0.05, 0.1) is 6.61 Å². The van der Waals surface area contributed by atoms with E-state index in [1.165, 1.54) is 12.8 Å². The van der Waals surface area contributed by atoms with Crippen molar-refractivity contribution in [3.63, 3.8) is 0 Å². The van der Waals surface area contributed by atoms with Gasteiger partial charge in [-0.1, -0.05) is 12.8 Å². The molecule has 6 heteroatoms. The highest BCUT2D eigenvalue weighted by Gasteiger charge is 2.23.